The molecular weight excluding hydrogens is 180 g/mol. The van der Waals surface area contributed by atoms with Crippen molar-refractivity contribution in [3.63, 3.8) is 0 Å². The highest BCUT2D eigenvalue weighted by Crippen LogP contribution is 2.29. The van der Waals surface area contributed by atoms with Crippen molar-refractivity contribution in [2.24, 2.45) is 5.92 Å². The van der Waals surface area contributed by atoms with E-state index in [1.54, 1.807) is 6.92 Å². The zero-order valence-electron chi connectivity index (χ0n) is 8.29. The van der Waals surface area contributed by atoms with Gasteiger partial charge in [-0.2, -0.15) is 5.10 Å². The second kappa shape index (κ2) is 3.01. The van der Waals surface area contributed by atoms with E-state index in [0.717, 1.165) is 6.42 Å². The molecule has 1 fully saturated rings. The number of aromatic nitrogens is 2. The molecule has 2 atom stereocenters. The van der Waals surface area contributed by atoms with Crippen LogP contribution in [0.4, 0.5) is 5.82 Å². The van der Waals surface area contributed by atoms with Crippen LogP contribution in [0.3, 0.4) is 0 Å². The van der Waals surface area contributed by atoms with Crippen molar-refractivity contribution in [1.82, 2.24) is 15.5 Å². The Morgan fingerprint density at radius 3 is 2.79 bits per heavy atom. The SMILES string of the molecule is Cc1[nH]nc(N)c1C(=O)NC1CC1C. The van der Waals surface area contributed by atoms with E-state index in [1.165, 1.54) is 0 Å². The molecule has 0 aliphatic heterocycles. The van der Waals surface area contributed by atoms with Crippen molar-refractivity contribution in [3.05, 3.63) is 11.3 Å². The zero-order chi connectivity index (χ0) is 10.3. The third-order valence-corrected chi connectivity index (χ3v) is 2.63. The molecule has 5 heteroatoms. The number of aromatic amines is 1. The van der Waals surface area contributed by atoms with Crippen molar-refractivity contribution in [3.8, 4) is 0 Å². The Labute approximate surface area is 82.1 Å². The van der Waals surface area contributed by atoms with Crippen LogP contribution in [0.25, 0.3) is 0 Å². The number of rotatable bonds is 2. The van der Waals surface area contributed by atoms with Crippen LogP contribution in [0.2, 0.25) is 0 Å². The topological polar surface area (TPSA) is 83.8 Å². The average molecular weight is 194 g/mol. The van der Waals surface area contributed by atoms with Gasteiger partial charge in [0.2, 0.25) is 0 Å². The number of carbonyl (C=O) groups is 1. The molecule has 5 nitrogen and oxygen atoms in total. The van der Waals surface area contributed by atoms with Gasteiger partial charge in [-0.05, 0) is 19.3 Å². The van der Waals surface area contributed by atoms with Gasteiger partial charge in [-0.25, -0.2) is 0 Å². The summed E-state index contributed by atoms with van der Waals surface area (Å²) >= 11 is 0. The van der Waals surface area contributed by atoms with Gasteiger partial charge in [-0.1, -0.05) is 6.92 Å². The molecule has 1 aromatic rings. The first-order valence-corrected chi connectivity index (χ1v) is 4.71. The van der Waals surface area contributed by atoms with Gasteiger partial charge in [0.25, 0.3) is 5.91 Å². The zero-order valence-corrected chi connectivity index (χ0v) is 8.29. The second-order valence-corrected chi connectivity index (χ2v) is 3.90. The van der Waals surface area contributed by atoms with Gasteiger partial charge < -0.3 is 11.1 Å². The first-order chi connectivity index (χ1) is 6.59. The summed E-state index contributed by atoms with van der Waals surface area (Å²) in [4.78, 5) is 11.7. The maximum atomic E-state index is 11.7. The molecule has 1 heterocycles. The van der Waals surface area contributed by atoms with E-state index >= 15 is 0 Å². The van der Waals surface area contributed by atoms with Crippen molar-refractivity contribution >= 4 is 11.7 Å². The van der Waals surface area contributed by atoms with Crippen molar-refractivity contribution < 1.29 is 4.79 Å². The van der Waals surface area contributed by atoms with Crippen LogP contribution < -0.4 is 11.1 Å². The number of hydrogen-bond acceptors (Lipinski definition) is 3. The number of nitrogens with two attached hydrogens (primary N) is 1. The largest absolute Gasteiger partial charge is 0.382 e. The van der Waals surface area contributed by atoms with Crippen molar-refractivity contribution in [2.45, 2.75) is 26.3 Å². The Hall–Kier alpha value is -1.52. The number of nitrogens with zero attached hydrogens (tertiary/aromatic N) is 1. The van der Waals surface area contributed by atoms with E-state index in [9.17, 15) is 4.79 Å². The summed E-state index contributed by atoms with van der Waals surface area (Å²) in [5.74, 6) is 0.740. The summed E-state index contributed by atoms with van der Waals surface area (Å²) in [7, 11) is 0. The van der Waals surface area contributed by atoms with E-state index in [0.29, 0.717) is 23.2 Å². The van der Waals surface area contributed by atoms with Crippen molar-refractivity contribution in [1.29, 1.82) is 0 Å². The van der Waals surface area contributed by atoms with E-state index in [4.69, 9.17) is 5.73 Å². The summed E-state index contributed by atoms with van der Waals surface area (Å²) in [6.07, 6.45) is 1.06. The van der Waals surface area contributed by atoms with Crippen LogP contribution in [0.1, 0.15) is 29.4 Å². The minimum Gasteiger partial charge on any atom is -0.382 e. The van der Waals surface area contributed by atoms with Crippen LogP contribution in [0.15, 0.2) is 0 Å². The van der Waals surface area contributed by atoms with Crippen LogP contribution in [0.5, 0.6) is 0 Å². The summed E-state index contributed by atoms with van der Waals surface area (Å²) in [6.45, 7) is 3.89. The predicted molar refractivity (Wildman–Crippen MR) is 52.8 cm³/mol. The van der Waals surface area contributed by atoms with Crippen molar-refractivity contribution in [2.75, 3.05) is 5.73 Å². The summed E-state index contributed by atoms with van der Waals surface area (Å²) < 4.78 is 0. The Bertz CT molecular complexity index is 351. The minimum absolute atomic E-state index is 0.122. The average Bonchev–Trinajstić information content (AvgIpc) is 2.67. The molecule has 0 aromatic carbocycles. The van der Waals surface area contributed by atoms with E-state index < -0.39 is 0 Å². The number of anilines is 1. The lowest BCUT2D eigenvalue weighted by molar-refractivity contribution is 0.0949. The van der Waals surface area contributed by atoms with Crippen LogP contribution in [-0.4, -0.2) is 22.1 Å². The van der Waals surface area contributed by atoms with Crippen LogP contribution >= 0.6 is 0 Å². The van der Waals surface area contributed by atoms with Crippen LogP contribution in [0, 0.1) is 12.8 Å². The van der Waals surface area contributed by atoms with Gasteiger partial charge in [0.1, 0.15) is 5.56 Å². The summed E-state index contributed by atoms with van der Waals surface area (Å²) in [5.41, 5.74) is 6.76. The number of nitrogen functional groups attached to an aromatic ring is 1. The molecule has 2 rings (SSSR count). The molecule has 1 aliphatic rings. The highest BCUT2D eigenvalue weighted by molar-refractivity contribution is 5.99. The molecule has 0 spiro atoms. The molecule has 1 aromatic heterocycles. The minimum atomic E-state index is -0.122. The van der Waals surface area contributed by atoms with E-state index in [2.05, 4.69) is 22.4 Å². The predicted octanol–water partition coefficient (Wildman–Crippen LogP) is 0.439. The summed E-state index contributed by atoms with van der Waals surface area (Å²) in [5, 5.41) is 9.37. The first kappa shape index (κ1) is 9.05. The third kappa shape index (κ3) is 1.45. The smallest absolute Gasteiger partial charge is 0.257 e. The van der Waals surface area contributed by atoms with Gasteiger partial charge in [0.05, 0.1) is 0 Å². The van der Waals surface area contributed by atoms with E-state index in [1.807, 2.05) is 0 Å². The second-order valence-electron chi connectivity index (χ2n) is 3.90. The standard InChI is InChI=1S/C9H14N4O/c1-4-3-6(4)11-9(14)7-5(2)12-13-8(7)10/h4,6H,3H2,1-2H3,(H,11,14)(H3,10,12,13). The monoisotopic (exact) mass is 194 g/mol. The fourth-order valence-corrected chi connectivity index (χ4v) is 1.50. The molecule has 76 valence electrons. The number of nitrogens with one attached hydrogen (secondary N) is 2. The number of amides is 1. The Balaban J connectivity index is 2.10. The first-order valence-electron chi connectivity index (χ1n) is 4.71. The highest BCUT2D eigenvalue weighted by Gasteiger charge is 2.34. The number of hydrogen-bond donors (Lipinski definition) is 3. The molecule has 2 unspecified atom stereocenters. The third-order valence-electron chi connectivity index (χ3n) is 2.63. The molecule has 0 bridgehead atoms. The number of H-pyrrole nitrogens is 1. The molecule has 1 saturated carbocycles. The van der Waals surface area contributed by atoms with Gasteiger partial charge in [0, 0.05) is 11.7 Å². The van der Waals surface area contributed by atoms with Gasteiger partial charge in [-0.3, -0.25) is 9.89 Å². The molecule has 1 aliphatic carbocycles. The maximum absolute atomic E-state index is 11.7. The lowest BCUT2D eigenvalue weighted by Crippen LogP contribution is -2.27. The Morgan fingerprint density at radius 1 is 1.71 bits per heavy atom. The molecule has 4 N–H and O–H groups in total. The maximum Gasteiger partial charge on any atom is 0.257 e. The molecule has 0 radical (unpaired) electrons. The van der Waals surface area contributed by atoms with Gasteiger partial charge in [-0.15, -0.1) is 0 Å². The summed E-state index contributed by atoms with van der Waals surface area (Å²) in [6, 6.07) is 0.316. The number of aryl methyl sites for hydroxylation is 1. The molecule has 0 saturated heterocycles. The van der Waals surface area contributed by atoms with E-state index in [-0.39, 0.29) is 11.7 Å². The van der Waals surface area contributed by atoms with Gasteiger partial charge >= 0.3 is 0 Å². The Morgan fingerprint density at radius 2 is 2.36 bits per heavy atom. The Kier molecular flexibility index (Phi) is 1.94. The number of carbonyl (C=O) groups excluding carboxylic acids is 1. The fourth-order valence-electron chi connectivity index (χ4n) is 1.50. The highest BCUT2D eigenvalue weighted by atomic mass is 16.1. The lowest BCUT2D eigenvalue weighted by atomic mass is 10.2. The fraction of sp³-hybridized carbons (Fsp3) is 0.556. The molecule has 1 amide bonds. The lowest BCUT2D eigenvalue weighted by Gasteiger charge is -2.02. The van der Waals surface area contributed by atoms with Crippen LogP contribution in [-0.2, 0) is 0 Å². The molecular formula is C9H14N4O. The normalized spacial score (nSPS) is 24.7. The molecule has 14 heavy (non-hydrogen) atoms. The quantitative estimate of drug-likeness (QED) is 0.638. The van der Waals surface area contributed by atoms with Gasteiger partial charge in [0.15, 0.2) is 5.82 Å².